The molecule has 13 heteroatoms. The minimum Gasteiger partial charge on any atom is -0.481 e. The van der Waals surface area contributed by atoms with Gasteiger partial charge in [0.25, 0.3) is 0 Å². The molecule has 11 nitrogen and oxygen atoms in total. The lowest BCUT2D eigenvalue weighted by atomic mass is 9.96. The molecule has 2 aromatic heterocycles. The lowest BCUT2D eigenvalue weighted by Crippen LogP contribution is -2.41. The summed E-state index contributed by atoms with van der Waals surface area (Å²) in [6, 6.07) is 16.5. The standard InChI is InChI=1S/C33H30Cl2N6O5/c1-46-32-18(16-41(33(44)45)17-21-9-11-27(42)38-21)8-10-26(39-32)25-7-3-6-24(30(25)35)23-5-2-4-22(29(23)34)19-12-20-13-36-15-28(43)40-31(20)37-14-19/h2-8,10,12,14,21,36H,9,11,13,15-17H2,1H3,(H,38,42)(H,44,45)(H,37,40,43)/t21-/m0/s1. The van der Waals surface area contributed by atoms with Gasteiger partial charge in [-0.15, -0.1) is 0 Å². The predicted molar refractivity (Wildman–Crippen MR) is 175 cm³/mol. The molecule has 46 heavy (non-hydrogen) atoms. The number of amides is 3. The van der Waals surface area contributed by atoms with Gasteiger partial charge in [0.05, 0.1) is 35.9 Å². The molecule has 0 radical (unpaired) electrons. The first kappa shape index (κ1) is 31.3. The quantitative estimate of drug-likeness (QED) is 0.191. The fourth-order valence-electron chi connectivity index (χ4n) is 5.71. The highest BCUT2D eigenvalue weighted by atomic mass is 35.5. The summed E-state index contributed by atoms with van der Waals surface area (Å²) < 4.78 is 5.57. The summed E-state index contributed by atoms with van der Waals surface area (Å²) in [4.78, 5) is 45.9. The summed E-state index contributed by atoms with van der Waals surface area (Å²) in [5.74, 6) is 0.565. The van der Waals surface area contributed by atoms with Crippen LogP contribution in [0.25, 0.3) is 33.5 Å². The second kappa shape index (κ2) is 13.3. The van der Waals surface area contributed by atoms with Gasteiger partial charge in [0, 0.05) is 70.7 Å². The number of aromatic nitrogens is 2. The molecule has 0 aliphatic carbocycles. The van der Waals surface area contributed by atoms with E-state index in [0.717, 1.165) is 16.7 Å². The van der Waals surface area contributed by atoms with Gasteiger partial charge in [-0.1, -0.05) is 59.6 Å². The van der Waals surface area contributed by atoms with Crippen LogP contribution in [0.2, 0.25) is 10.0 Å². The number of anilines is 1. The third kappa shape index (κ3) is 6.48. The lowest BCUT2D eigenvalue weighted by Gasteiger charge is -2.23. The maximum Gasteiger partial charge on any atom is 0.407 e. The van der Waals surface area contributed by atoms with E-state index in [1.807, 2.05) is 42.5 Å². The summed E-state index contributed by atoms with van der Waals surface area (Å²) in [5, 5.41) is 19.4. The maximum absolute atomic E-state index is 12.0. The van der Waals surface area contributed by atoms with Crippen LogP contribution in [0.1, 0.15) is 24.0 Å². The van der Waals surface area contributed by atoms with Crippen molar-refractivity contribution in [2.24, 2.45) is 0 Å². The third-order valence-electron chi connectivity index (χ3n) is 7.99. The Hall–Kier alpha value is -4.71. The number of hydrogen-bond acceptors (Lipinski definition) is 7. The van der Waals surface area contributed by atoms with Crippen LogP contribution in [0.15, 0.2) is 60.8 Å². The van der Waals surface area contributed by atoms with Gasteiger partial charge < -0.3 is 30.7 Å². The zero-order chi connectivity index (χ0) is 32.4. The Morgan fingerprint density at radius 2 is 1.72 bits per heavy atom. The molecule has 1 fully saturated rings. The SMILES string of the molecule is COc1nc(-c2cccc(-c3cccc(-c4cnc5c(c4)CNCC(=O)N5)c3Cl)c2Cl)ccc1CN(C[C@@H]1CCC(=O)N1)C(=O)O. The van der Waals surface area contributed by atoms with Gasteiger partial charge in [-0.25, -0.2) is 14.8 Å². The monoisotopic (exact) mass is 660 g/mol. The van der Waals surface area contributed by atoms with E-state index in [9.17, 15) is 19.5 Å². The van der Waals surface area contributed by atoms with Crippen LogP contribution >= 0.6 is 23.2 Å². The van der Waals surface area contributed by atoms with Gasteiger partial charge in [0.1, 0.15) is 5.82 Å². The maximum atomic E-state index is 12.0. The van der Waals surface area contributed by atoms with Gasteiger partial charge in [0.2, 0.25) is 17.7 Å². The fourth-order valence-corrected chi connectivity index (χ4v) is 6.37. The molecule has 2 aliphatic rings. The number of nitrogens with zero attached hydrogens (tertiary/aromatic N) is 3. The first-order chi connectivity index (χ1) is 22.2. The smallest absolute Gasteiger partial charge is 0.407 e. The number of carboxylic acid groups (broad SMARTS) is 1. The summed E-state index contributed by atoms with van der Waals surface area (Å²) in [7, 11) is 1.47. The molecule has 3 amide bonds. The average Bonchev–Trinajstić information content (AvgIpc) is 3.36. The van der Waals surface area contributed by atoms with E-state index >= 15 is 0 Å². The normalized spacial score (nSPS) is 15.8. The molecule has 6 rings (SSSR count). The zero-order valence-electron chi connectivity index (χ0n) is 24.8. The molecule has 1 atom stereocenters. The number of halogens is 2. The first-order valence-corrected chi connectivity index (χ1v) is 15.4. The minimum absolute atomic E-state index is 0.0360. The van der Waals surface area contributed by atoms with Crippen molar-refractivity contribution in [3.8, 4) is 39.4 Å². The molecular weight excluding hydrogens is 631 g/mol. The number of carbonyl (C=O) groups is 3. The molecule has 0 spiro atoms. The highest BCUT2D eigenvalue weighted by molar-refractivity contribution is 6.39. The topological polar surface area (TPSA) is 146 Å². The van der Waals surface area contributed by atoms with Crippen molar-refractivity contribution in [1.29, 1.82) is 0 Å². The van der Waals surface area contributed by atoms with E-state index < -0.39 is 6.09 Å². The Kier molecular flexibility index (Phi) is 9.07. The van der Waals surface area contributed by atoms with Gasteiger partial charge in [-0.3, -0.25) is 9.59 Å². The molecule has 4 heterocycles. The molecular formula is C33H30Cl2N6O5. The van der Waals surface area contributed by atoms with Gasteiger partial charge in [-0.05, 0) is 24.6 Å². The van der Waals surface area contributed by atoms with Crippen molar-refractivity contribution in [3.63, 3.8) is 0 Å². The van der Waals surface area contributed by atoms with Crippen LogP contribution in [0.3, 0.4) is 0 Å². The van der Waals surface area contributed by atoms with Crippen molar-refractivity contribution in [2.45, 2.75) is 32.0 Å². The number of rotatable bonds is 8. The Bertz CT molecular complexity index is 1850. The highest BCUT2D eigenvalue weighted by Gasteiger charge is 2.26. The van der Waals surface area contributed by atoms with Crippen LogP contribution in [0.5, 0.6) is 5.88 Å². The van der Waals surface area contributed by atoms with Crippen LogP contribution < -0.4 is 20.7 Å². The van der Waals surface area contributed by atoms with Crippen LogP contribution in [-0.4, -0.2) is 64.1 Å². The number of pyridine rings is 2. The highest BCUT2D eigenvalue weighted by Crippen LogP contribution is 2.42. The number of hydrogen-bond donors (Lipinski definition) is 4. The molecule has 2 aliphatic heterocycles. The molecule has 236 valence electrons. The van der Waals surface area contributed by atoms with E-state index in [0.29, 0.717) is 63.2 Å². The van der Waals surface area contributed by atoms with E-state index in [4.69, 9.17) is 27.9 Å². The minimum atomic E-state index is -1.10. The Morgan fingerprint density at radius 3 is 2.41 bits per heavy atom. The van der Waals surface area contributed by atoms with Crippen molar-refractivity contribution in [3.05, 3.63) is 82.0 Å². The van der Waals surface area contributed by atoms with E-state index in [1.165, 1.54) is 12.0 Å². The first-order valence-electron chi connectivity index (χ1n) is 14.6. The Morgan fingerprint density at radius 1 is 1.00 bits per heavy atom. The second-order valence-corrected chi connectivity index (χ2v) is 11.8. The summed E-state index contributed by atoms with van der Waals surface area (Å²) in [5.41, 5.74) is 5.57. The largest absolute Gasteiger partial charge is 0.481 e. The Labute approximate surface area is 274 Å². The molecule has 1 saturated heterocycles. The number of benzene rings is 2. The number of methoxy groups -OCH3 is 1. The van der Waals surface area contributed by atoms with Crippen molar-refractivity contribution in [2.75, 3.05) is 25.5 Å². The zero-order valence-corrected chi connectivity index (χ0v) is 26.3. The lowest BCUT2D eigenvalue weighted by molar-refractivity contribution is -0.119. The average molecular weight is 662 g/mol. The van der Waals surface area contributed by atoms with Crippen molar-refractivity contribution in [1.82, 2.24) is 25.5 Å². The van der Waals surface area contributed by atoms with Crippen molar-refractivity contribution >= 4 is 46.9 Å². The van der Waals surface area contributed by atoms with E-state index in [1.54, 1.807) is 18.3 Å². The van der Waals surface area contributed by atoms with Gasteiger partial charge >= 0.3 is 6.09 Å². The third-order valence-corrected chi connectivity index (χ3v) is 8.80. The predicted octanol–water partition coefficient (Wildman–Crippen LogP) is 5.59. The number of nitrogens with one attached hydrogen (secondary N) is 3. The number of ether oxygens (including phenoxy) is 1. The van der Waals surface area contributed by atoms with Crippen LogP contribution in [-0.2, 0) is 22.7 Å². The summed E-state index contributed by atoms with van der Waals surface area (Å²) in [6.45, 7) is 0.897. The molecule has 0 unspecified atom stereocenters. The van der Waals surface area contributed by atoms with Crippen LogP contribution in [0, 0.1) is 0 Å². The van der Waals surface area contributed by atoms with E-state index in [-0.39, 0.29) is 43.4 Å². The number of carbonyl (C=O) groups excluding carboxylic acids is 2. The molecule has 2 aromatic carbocycles. The van der Waals surface area contributed by atoms with Gasteiger partial charge in [-0.2, -0.15) is 0 Å². The molecule has 0 saturated carbocycles. The Balaban J connectivity index is 1.29. The van der Waals surface area contributed by atoms with Crippen LogP contribution in [0.4, 0.5) is 10.6 Å². The fraction of sp³-hybridized carbons (Fsp3) is 0.242. The van der Waals surface area contributed by atoms with Gasteiger partial charge in [0.15, 0.2) is 0 Å². The number of fused-ring (bicyclic) bond motifs is 1. The van der Waals surface area contributed by atoms with Crippen molar-refractivity contribution < 1.29 is 24.2 Å². The molecule has 0 bridgehead atoms. The van der Waals surface area contributed by atoms with E-state index in [2.05, 4.69) is 25.9 Å². The molecule has 4 aromatic rings. The molecule has 4 N–H and O–H groups in total. The second-order valence-electron chi connectivity index (χ2n) is 11.0. The summed E-state index contributed by atoms with van der Waals surface area (Å²) >= 11 is 14.0. The summed E-state index contributed by atoms with van der Waals surface area (Å²) in [6.07, 6.45) is 1.55.